The molecular formula is C29H26FN3O6S. The molecule has 0 aliphatic carbocycles. The fourth-order valence-electron chi connectivity index (χ4n) is 5.06. The van der Waals surface area contributed by atoms with Crippen molar-refractivity contribution in [2.75, 3.05) is 17.2 Å². The fourth-order valence-corrected chi connectivity index (χ4v) is 6.64. The second kappa shape index (κ2) is 11.1. The number of nitrogens with one attached hydrogen (secondary N) is 1. The van der Waals surface area contributed by atoms with Gasteiger partial charge in [-0.3, -0.25) is 29.3 Å². The molecule has 3 aromatic rings. The van der Waals surface area contributed by atoms with Gasteiger partial charge in [-0.15, -0.1) is 11.8 Å². The van der Waals surface area contributed by atoms with Crippen LogP contribution in [0.25, 0.3) is 0 Å². The fraction of sp³-hybridized carbons (Fsp3) is 0.241. The third-order valence-corrected chi connectivity index (χ3v) is 8.65. The lowest BCUT2D eigenvalue weighted by molar-refractivity contribution is -0.171. The third-order valence-electron chi connectivity index (χ3n) is 7.13. The summed E-state index contributed by atoms with van der Waals surface area (Å²) in [5.41, 5.74) is 1.38. The molecule has 0 spiro atoms. The molecule has 206 valence electrons. The number of esters is 1. The summed E-state index contributed by atoms with van der Waals surface area (Å²) < 4.78 is 19.4. The highest BCUT2D eigenvalue weighted by Crippen LogP contribution is 2.46. The van der Waals surface area contributed by atoms with E-state index in [1.165, 1.54) is 41.0 Å². The number of carbonyl (C=O) groups is 4. The number of fused-ring (bicyclic) bond motifs is 1. The SMILES string of the molecule is CC(=O)N(c1ccc(F)cc1)C1C(=O)N2CC(C(=O)NO)(C(=O)OC(c3ccccc3)c3ccccc3)CS[C@H]12. The number of ether oxygens (including phenoxy) is 1. The predicted octanol–water partition coefficient (Wildman–Crippen LogP) is 3.29. The highest BCUT2D eigenvalue weighted by atomic mass is 32.2. The summed E-state index contributed by atoms with van der Waals surface area (Å²) in [4.78, 5) is 55.3. The van der Waals surface area contributed by atoms with Crippen LogP contribution in [0.2, 0.25) is 0 Å². The van der Waals surface area contributed by atoms with Gasteiger partial charge in [0.15, 0.2) is 11.5 Å². The number of hydrogen-bond donors (Lipinski definition) is 2. The van der Waals surface area contributed by atoms with E-state index in [0.717, 1.165) is 11.8 Å². The summed E-state index contributed by atoms with van der Waals surface area (Å²) in [6, 6.07) is 22.4. The van der Waals surface area contributed by atoms with Gasteiger partial charge < -0.3 is 9.64 Å². The Morgan fingerprint density at radius 2 is 1.60 bits per heavy atom. The number of carbonyl (C=O) groups excluding carboxylic acids is 4. The molecule has 2 aliphatic heterocycles. The van der Waals surface area contributed by atoms with Crippen LogP contribution in [0.3, 0.4) is 0 Å². The molecule has 5 rings (SSSR count). The minimum atomic E-state index is -1.91. The van der Waals surface area contributed by atoms with E-state index in [9.17, 15) is 28.8 Å². The van der Waals surface area contributed by atoms with Gasteiger partial charge >= 0.3 is 5.97 Å². The van der Waals surface area contributed by atoms with Crippen LogP contribution >= 0.6 is 11.8 Å². The van der Waals surface area contributed by atoms with E-state index in [4.69, 9.17) is 4.74 Å². The molecule has 3 amide bonds. The van der Waals surface area contributed by atoms with Gasteiger partial charge in [0.25, 0.3) is 5.91 Å². The van der Waals surface area contributed by atoms with Gasteiger partial charge in [-0.2, -0.15) is 0 Å². The highest BCUT2D eigenvalue weighted by Gasteiger charge is 2.62. The lowest BCUT2D eigenvalue weighted by Gasteiger charge is -2.55. The number of β-lactam (4-membered cyclic amide) rings is 1. The maximum atomic E-state index is 13.8. The summed E-state index contributed by atoms with van der Waals surface area (Å²) in [5, 5.41) is 9.02. The van der Waals surface area contributed by atoms with Crippen LogP contribution in [0.5, 0.6) is 0 Å². The Labute approximate surface area is 233 Å². The zero-order valence-electron chi connectivity index (χ0n) is 21.4. The minimum Gasteiger partial charge on any atom is -0.452 e. The quantitative estimate of drug-likeness (QED) is 0.149. The van der Waals surface area contributed by atoms with E-state index in [1.54, 1.807) is 54.0 Å². The van der Waals surface area contributed by atoms with E-state index in [1.807, 2.05) is 12.1 Å². The molecule has 2 unspecified atom stereocenters. The van der Waals surface area contributed by atoms with Gasteiger partial charge in [-0.25, -0.2) is 9.87 Å². The number of benzene rings is 3. The highest BCUT2D eigenvalue weighted by molar-refractivity contribution is 8.00. The van der Waals surface area contributed by atoms with Crippen molar-refractivity contribution < 1.29 is 33.5 Å². The van der Waals surface area contributed by atoms with Gasteiger partial charge in [-0.1, -0.05) is 60.7 Å². The van der Waals surface area contributed by atoms with Crippen molar-refractivity contribution in [2.24, 2.45) is 5.41 Å². The lowest BCUT2D eigenvalue weighted by atomic mass is 9.85. The maximum absolute atomic E-state index is 13.8. The molecule has 0 bridgehead atoms. The number of thioether (sulfide) groups is 1. The van der Waals surface area contributed by atoms with Crippen LogP contribution < -0.4 is 10.4 Å². The molecule has 3 aromatic carbocycles. The molecule has 3 atom stereocenters. The number of anilines is 1. The van der Waals surface area contributed by atoms with Crippen molar-refractivity contribution in [3.8, 4) is 0 Å². The lowest BCUT2D eigenvalue weighted by Crippen LogP contribution is -2.75. The summed E-state index contributed by atoms with van der Waals surface area (Å²) in [6.07, 6.45) is -0.840. The number of rotatable bonds is 7. The van der Waals surface area contributed by atoms with Gasteiger partial charge in [0.05, 0.1) is 0 Å². The molecule has 2 N–H and O–H groups in total. The number of hydrogen-bond acceptors (Lipinski definition) is 7. The second-order valence-corrected chi connectivity index (χ2v) is 10.7. The van der Waals surface area contributed by atoms with E-state index < -0.39 is 52.4 Å². The monoisotopic (exact) mass is 563 g/mol. The van der Waals surface area contributed by atoms with Crippen LogP contribution in [0.4, 0.5) is 10.1 Å². The molecule has 0 saturated carbocycles. The number of hydroxylamine groups is 1. The third kappa shape index (κ3) is 4.82. The van der Waals surface area contributed by atoms with E-state index in [-0.39, 0.29) is 12.3 Å². The maximum Gasteiger partial charge on any atom is 0.325 e. The minimum absolute atomic E-state index is 0.116. The topological polar surface area (TPSA) is 116 Å². The van der Waals surface area contributed by atoms with Crippen LogP contribution in [0.1, 0.15) is 24.2 Å². The predicted molar refractivity (Wildman–Crippen MR) is 144 cm³/mol. The molecule has 0 aromatic heterocycles. The van der Waals surface area contributed by atoms with E-state index in [2.05, 4.69) is 0 Å². The first-order chi connectivity index (χ1) is 19.3. The van der Waals surface area contributed by atoms with Crippen molar-refractivity contribution in [3.63, 3.8) is 0 Å². The van der Waals surface area contributed by atoms with Crippen LogP contribution in [0, 0.1) is 11.2 Å². The smallest absolute Gasteiger partial charge is 0.325 e. The number of halogens is 1. The average molecular weight is 564 g/mol. The molecule has 2 saturated heterocycles. The Bertz CT molecular complexity index is 1390. The van der Waals surface area contributed by atoms with Crippen molar-refractivity contribution >= 4 is 41.1 Å². The Morgan fingerprint density at radius 3 is 2.12 bits per heavy atom. The van der Waals surface area contributed by atoms with E-state index >= 15 is 0 Å². The molecular weight excluding hydrogens is 537 g/mol. The first kappa shape index (κ1) is 27.4. The normalized spacial score (nSPS) is 21.7. The first-order valence-electron chi connectivity index (χ1n) is 12.5. The molecule has 2 fully saturated rings. The van der Waals surface area contributed by atoms with Crippen molar-refractivity contribution in [1.29, 1.82) is 0 Å². The molecule has 0 radical (unpaired) electrons. The standard InChI is InChI=1S/C29H26FN3O6S/c1-18(34)33(22-14-12-21(30)13-15-22)23-25(35)32-16-29(27(36)31-38,17-40-26(23)32)28(37)39-24(19-8-4-2-5-9-19)20-10-6-3-7-11-20/h2-15,23-24,26,38H,16-17H2,1H3,(H,31,36)/t23?,26-,29?/m1/s1. The van der Waals surface area contributed by atoms with E-state index in [0.29, 0.717) is 16.8 Å². The van der Waals surface area contributed by atoms with Gasteiger partial charge in [0, 0.05) is 24.9 Å². The molecule has 40 heavy (non-hydrogen) atoms. The van der Waals surface area contributed by atoms with Gasteiger partial charge in [0.2, 0.25) is 11.8 Å². The van der Waals surface area contributed by atoms with Crippen LogP contribution in [-0.4, -0.2) is 57.5 Å². The molecule has 2 aliphatic rings. The Morgan fingerprint density at radius 1 is 1.02 bits per heavy atom. The summed E-state index contributed by atoms with van der Waals surface area (Å²) in [7, 11) is 0. The van der Waals surface area contributed by atoms with Crippen LogP contribution in [0.15, 0.2) is 84.9 Å². The van der Waals surface area contributed by atoms with Crippen molar-refractivity contribution in [1.82, 2.24) is 10.4 Å². The Hall–Kier alpha value is -4.22. The van der Waals surface area contributed by atoms with Gasteiger partial charge in [-0.05, 0) is 35.4 Å². The summed E-state index contributed by atoms with van der Waals surface area (Å²) >= 11 is 1.13. The molecule has 9 nitrogen and oxygen atoms in total. The summed E-state index contributed by atoms with van der Waals surface area (Å²) in [5.74, 6) is -3.40. The summed E-state index contributed by atoms with van der Waals surface area (Å²) in [6.45, 7) is 0.956. The van der Waals surface area contributed by atoms with Gasteiger partial charge in [0.1, 0.15) is 17.2 Å². The zero-order chi connectivity index (χ0) is 28.4. The Balaban J connectivity index is 1.42. The van der Waals surface area contributed by atoms with Crippen molar-refractivity contribution in [2.45, 2.75) is 24.4 Å². The zero-order valence-corrected chi connectivity index (χ0v) is 22.2. The first-order valence-corrected chi connectivity index (χ1v) is 13.5. The Kier molecular flexibility index (Phi) is 7.59. The molecule has 2 heterocycles. The molecule has 11 heteroatoms. The number of amides is 3. The van der Waals surface area contributed by atoms with Crippen LogP contribution in [-0.2, 0) is 23.9 Å². The second-order valence-electron chi connectivity index (χ2n) is 9.61. The van der Waals surface area contributed by atoms with Crippen molar-refractivity contribution in [3.05, 3.63) is 102 Å². The largest absolute Gasteiger partial charge is 0.452 e. The average Bonchev–Trinajstić information content (AvgIpc) is 2.98. The number of nitrogens with zero attached hydrogens (tertiary/aromatic N) is 2.